The van der Waals surface area contributed by atoms with E-state index in [4.69, 9.17) is 5.26 Å². The highest BCUT2D eigenvalue weighted by molar-refractivity contribution is 5.99. The van der Waals surface area contributed by atoms with Crippen LogP contribution in [0.3, 0.4) is 0 Å². The van der Waals surface area contributed by atoms with Crippen LogP contribution in [0.15, 0.2) is 11.1 Å². The molecule has 0 aromatic rings. The first-order chi connectivity index (χ1) is 5.15. The van der Waals surface area contributed by atoms with Crippen LogP contribution in [0.5, 0.6) is 0 Å². The maximum Gasteiger partial charge on any atom is 0.262 e. The Morgan fingerprint density at radius 1 is 1.73 bits per heavy atom. The van der Waals surface area contributed by atoms with Crippen molar-refractivity contribution in [2.24, 2.45) is 0 Å². The lowest BCUT2D eigenvalue weighted by Crippen LogP contribution is -2.37. The van der Waals surface area contributed by atoms with Gasteiger partial charge in [0.15, 0.2) is 0 Å². The highest BCUT2D eigenvalue weighted by Crippen LogP contribution is 2.15. The lowest BCUT2D eigenvalue weighted by Gasteiger charge is -2.20. The molecule has 3 heteroatoms. The number of hydrogen-bond acceptors (Lipinski definition) is 2. The van der Waals surface area contributed by atoms with Crippen LogP contribution in [0, 0.1) is 11.3 Å². The van der Waals surface area contributed by atoms with Crippen molar-refractivity contribution in [3.8, 4) is 6.07 Å². The molecular formula is C8H10N2O. The molecule has 0 fully saturated rings. The SMILES string of the molecule is CC1=C(C#N)C(=O)N[C@@H](C)C1. The minimum absolute atomic E-state index is 0.166. The normalized spacial score (nSPS) is 24.5. The molecule has 0 aliphatic carbocycles. The van der Waals surface area contributed by atoms with Gasteiger partial charge >= 0.3 is 0 Å². The molecule has 1 heterocycles. The lowest BCUT2D eigenvalue weighted by molar-refractivity contribution is -0.118. The van der Waals surface area contributed by atoms with Crippen molar-refractivity contribution in [3.63, 3.8) is 0 Å². The van der Waals surface area contributed by atoms with Gasteiger partial charge in [-0.2, -0.15) is 5.26 Å². The average molecular weight is 150 g/mol. The molecule has 1 amide bonds. The predicted octanol–water partition coefficient (Wildman–Crippen LogP) is 0.735. The van der Waals surface area contributed by atoms with E-state index in [0.717, 1.165) is 12.0 Å². The van der Waals surface area contributed by atoms with Gasteiger partial charge in [0.25, 0.3) is 5.91 Å². The minimum Gasteiger partial charge on any atom is -0.349 e. The Morgan fingerprint density at radius 3 is 2.82 bits per heavy atom. The summed E-state index contributed by atoms with van der Waals surface area (Å²) in [6.07, 6.45) is 0.786. The Morgan fingerprint density at radius 2 is 2.36 bits per heavy atom. The van der Waals surface area contributed by atoms with Gasteiger partial charge in [-0.05, 0) is 25.8 Å². The van der Waals surface area contributed by atoms with Gasteiger partial charge < -0.3 is 5.32 Å². The number of nitriles is 1. The quantitative estimate of drug-likeness (QED) is 0.553. The largest absolute Gasteiger partial charge is 0.349 e. The third-order valence-corrected chi connectivity index (χ3v) is 1.76. The van der Waals surface area contributed by atoms with Crippen molar-refractivity contribution in [1.82, 2.24) is 5.32 Å². The van der Waals surface area contributed by atoms with Gasteiger partial charge in [-0.1, -0.05) is 0 Å². The Balaban J connectivity index is 2.97. The smallest absolute Gasteiger partial charge is 0.262 e. The maximum atomic E-state index is 11.1. The van der Waals surface area contributed by atoms with Crippen LogP contribution in [0.1, 0.15) is 20.3 Å². The van der Waals surface area contributed by atoms with E-state index in [1.54, 1.807) is 0 Å². The van der Waals surface area contributed by atoms with E-state index >= 15 is 0 Å². The van der Waals surface area contributed by atoms with Crippen LogP contribution in [0.4, 0.5) is 0 Å². The molecule has 1 N–H and O–H groups in total. The number of amides is 1. The molecular weight excluding hydrogens is 140 g/mol. The van der Waals surface area contributed by atoms with Crippen molar-refractivity contribution in [2.45, 2.75) is 26.3 Å². The van der Waals surface area contributed by atoms with Crippen LogP contribution in [-0.2, 0) is 4.79 Å². The summed E-state index contributed by atoms with van der Waals surface area (Å²) >= 11 is 0. The second-order valence-electron chi connectivity index (χ2n) is 2.85. The van der Waals surface area contributed by atoms with Crippen molar-refractivity contribution < 1.29 is 4.79 Å². The molecule has 0 saturated heterocycles. The van der Waals surface area contributed by atoms with Crippen molar-refractivity contribution in [1.29, 1.82) is 5.26 Å². The highest BCUT2D eigenvalue weighted by Gasteiger charge is 2.21. The molecule has 0 saturated carbocycles. The predicted molar refractivity (Wildman–Crippen MR) is 40.5 cm³/mol. The second-order valence-corrected chi connectivity index (χ2v) is 2.85. The molecule has 0 unspecified atom stereocenters. The molecule has 1 aliphatic rings. The third-order valence-electron chi connectivity index (χ3n) is 1.76. The number of nitrogens with zero attached hydrogens (tertiary/aromatic N) is 1. The van der Waals surface area contributed by atoms with Gasteiger partial charge in [-0.15, -0.1) is 0 Å². The molecule has 0 aromatic carbocycles. The highest BCUT2D eigenvalue weighted by atomic mass is 16.1. The summed E-state index contributed by atoms with van der Waals surface area (Å²) in [5.74, 6) is -0.233. The number of carbonyl (C=O) groups excluding carboxylic acids is 1. The third kappa shape index (κ3) is 1.40. The number of hydrogen-bond donors (Lipinski definition) is 1. The van der Waals surface area contributed by atoms with Gasteiger partial charge in [0.2, 0.25) is 0 Å². The standard InChI is InChI=1S/C8H10N2O/c1-5-3-6(2)10-8(11)7(5)4-9/h6H,3H2,1-2H3,(H,10,11)/t6-/m0/s1. The van der Waals surface area contributed by atoms with Crippen molar-refractivity contribution in [3.05, 3.63) is 11.1 Å². The van der Waals surface area contributed by atoms with Gasteiger partial charge in [0.1, 0.15) is 11.6 Å². The van der Waals surface area contributed by atoms with Crippen LogP contribution in [0.2, 0.25) is 0 Å². The first-order valence-corrected chi connectivity index (χ1v) is 3.56. The van der Waals surface area contributed by atoms with Crippen LogP contribution in [0.25, 0.3) is 0 Å². The summed E-state index contributed by atoms with van der Waals surface area (Å²) in [7, 11) is 0. The molecule has 0 radical (unpaired) electrons. The summed E-state index contributed by atoms with van der Waals surface area (Å²) in [5.41, 5.74) is 1.17. The monoisotopic (exact) mass is 150 g/mol. The van der Waals surface area contributed by atoms with E-state index in [1.807, 2.05) is 19.9 Å². The molecule has 58 valence electrons. The molecule has 0 spiro atoms. The van der Waals surface area contributed by atoms with E-state index in [0.29, 0.717) is 0 Å². The summed E-state index contributed by atoms with van der Waals surface area (Å²) in [5, 5.41) is 11.2. The first kappa shape index (κ1) is 7.80. The van der Waals surface area contributed by atoms with E-state index < -0.39 is 0 Å². The Labute approximate surface area is 65.7 Å². The fourth-order valence-corrected chi connectivity index (χ4v) is 1.25. The number of carbonyl (C=O) groups is 1. The Hall–Kier alpha value is -1.30. The number of rotatable bonds is 0. The zero-order chi connectivity index (χ0) is 8.43. The zero-order valence-corrected chi connectivity index (χ0v) is 6.64. The molecule has 3 nitrogen and oxygen atoms in total. The molecule has 1 rings (SSSR count). The molecule has 0 bridgehead atoms. The fourth-order valence-electron chi connectivity index (χ4n) is 1.25. The summed E-state index contributed by atoms with van der Waals surface area (Å²) in [6.45, 7) is 3.75. The fraction of sp³-hybridized carbons (Fsp3) is 0.500. The van der Waals surface area contributed by atoms with Crippen molar-refractivity contribution >= 4 is 5.91 Å². The Bertz CT molecular complexity index is 260. The van der Waals surface area contributed by atoms with E-state index in [-0.39, 0.29) is 17.5 Å². The van der Waals surface area contributed by atoms with E-state index in [2.05, 4.69) is 5.32 Å². The van der Waals surface area contributed by atoms with E-state index in [1.165, 1.54) is 0 Å². The average Bonchev–Trinajstić information content (AvgIpc) is 1.85. The van der Waals surface area contributed by atoms with Crippen LogP contribution < -0.4 is 5.32 Å². The summed E-state index contributed by atoms with van der Waals surface area (Å²) in [4.78, 5) is 11.1. The lowest BCUT2D eigenvalue weighted by atomic mass is 9.98. The van der Waals surface area contributed by atoms with Gasteiger partial charge in [0, 0.05) is 6.04 Å². The number of nitrogens with one attached hydrogen (secondary N) is 1. The summed E-state index contributed by atoms with van der Waals surface area (Å²) in [6, 6.07) is 2.06. The zero-order valence-electron chi connectivity index (χ0n) is 6.64. The Kier molecular flexibility index (Phi) is 1.95. The van der Waals surface area contributed by atoms with Gasteiger partial charge in [-0.25, -0.2) is 0 Å². The summed E-state index contributed by atoms with van der Waals surface area (Å²) < 4.78 is 0. The van der Waals surface area contributed by atoms with E-state index in [9.17, 15) is 4.79 Å². The first-order valence-electron chi connectivity index (χ1n) is 3.56. The maximum absolute atomic E-state index is 11.1. The topological polar surface area (TPSA) is 52.9 Å². The molecule has 0 aromatic heterocycles. The minimum atomic E-state index is -0.233. The molecule has 1 atom stereocenters. The van der Waals surface area contributed by atoms with Crippen LogP contribution in [-0.4, -0.2) is 11.9 Å². The van der Waals surface area contributed by atoms with Crippen LogP contribution >= 0.6 is 0 Å². The van der Waals surface area contributed by atoms with Gasteiger partial charge in [0.05, 0.1) is 0 Å². The molecule has 1 aliphatic heterocycles. The second kappa shape index (κ2) is 2.75. The van der Waals surface area contributed by atoms with Gasteiger partial charge in [-0.3, -0.25) is 4.79 Å². The van der Waals surface area contributed by atoms with Crippen molar-refractivity contribution in [2.75, 3.05) is 0 Å². The molecule has 11 heavy (non-hydrogen) atoms.